The molecule has 2 aromatic heterocycles. The van der Waals surface area contributed by atoms with Gasteiger partial charge in [0.25, 0.3) is 0 Å². The summed E-state index contributed by atoms with van der Waals surface area (Å²) in [4.78, 5) is 28.3. The number of thiazole rings is 1. The van der Waals surface area contributed by atoms with Crippen molar-refractivity contribution in [3.8, 4) is 11.5 Å². The molecule has 140 valence electrons. The van der Waals surface area contributed by atoms with Crippen molar-refractivity contribution in [2.24, 2.45) is 0 Å². The second kappa shape index (κ2) is 8.88. The molecule has 0 aliphatic carbocycles. The van der Waals surface area contributed by atoms with Crippen LogP contribution < -0.4 is 14.9 Å². The fraction of sp³-hybridized carbons (Fsp3) is 0.211. The second-order valence-electron chi connectivity index (χ2n) is 5.70. The van der Waals surface area contributed by atoms with Crippen LogP contribution in [0.15, 0.2) is 55.5 Å². The van der Waals surface area contributed by atoms with E-state index in [2.05, 4.69) is 4.98 Å². The summed E-state index contributed by atoms with van der Waals surface area (Å²) >= 11 is 3.01. The van der Waals surface area contributed by atoms with Crippen LogP contribution in [-0.2, 0) is 10.5 Å². The molecule has 3 rings (SSSR count). The number of aromatic nitrogens is 1. The number of carbonyl (C=O) groups is 1. The SMILES string of the molecule is Cc1cccc(OCC(=O)Oc2coc(CSc3nc(C)cs3)cc2=O)c1. The molecule has 2 heterocycles. The van der Waals surface area contributed by atoms with E-state index in [1.165, 1.54) is 29.2 Å². The molecule has 0 N–H and O–H groups in total. The molecular formula is C19H17NO5S2. The maximum absolute atomic E-state index is 12.1. The fourth-order valence-corrected chi connectivity index (χ4v) is 3.86. The lowest BCUT2D eigenvalue weighted by atomic mass is 10.2. The Morgan fingerprint density at radius 1 is 1.30 bits per heavy atom. The molecule has 0 saturated carbocycles. The number of aryl methyl sites for hydroxylation is 2. The summed E-state index contributed by atoms with van der Waals surface area (Å²) in [5.74, 6) is 0.667. The van der Waals surface area contributed by atoms with Crippen molar-refractivity contribution in [1.29, 1.82) is 0 Å². The highest BCUT2D eigenvalue weighted by molar-refractivity contribution is 8.00. The van der Waals surface area contributed by atoms with Crippen LogP contribution in [-0.4, -0.2) is 17.6 Å². The Morgan fingerprint density at radius 3 is 2.85 bits per heavy atom. The number of carbonyl (C=O) groups excluding carboxylic acids is 1. The Kier molecular flexibility index (Phi) is 6.31. The zero-order valence-corrected chi connectivity index (χ0v) is 16.4. The Morgan fingerprint density at radius 2 is 2.15 bits per heavy atom. The summed E-state index contributed by atoms with van der Waals surface area (Å²) < 4.78 is 16.7. The first-order chi connectivity index (χ1) is 13.0. The van der Waals surface area contributed by atoms with Gasteiger partial charge in [-0.2, -0.15) is 0 Å². The van der Waals surface area contributed by atoms with E-state index in [1.54, 1.807) is 12.1 Å². The van der Waals surface area contributed by atoms with Gasteiger partial charge < -0.3 is 13.9 Å². The first kappa shape index (κ1) is 19.2. The van der Waals surface area contributed by atoms with Crippen LogP contribution in [0.4, 0.5) is 0 Å². The quantitative estimate of drug-likeness (QED) is 0.436. The molecule has 0 aliphatic rings. The third kappa shape index (κ3) is 5.70. The molecule has 27 heavy (non-hydrogen) atoms. The molecule has 0 unspecified atom stereocenters. The number of benzene rings is 1. The van der Waals surface area contributed by atoms with Crippen LogP contribution in [0.25, 0.3) is 0 Å². The third-order valence-corrected chi connectivity index (χ3v) is 5.52. The van der Waals surface area contributed by atoms with Crippen LogP contribution in [0.5, 0.6) is 11.5 Å². The highest BCUT2D eigenvalue weighted by atomic mass is 32.2. The van der Waals surface area contributed by atoms with E-state index in [-0.39, 0.29) is 12.4 Å². The van der Waals surface area contributed by atoms with E-state index >= 15 is 0 Å². The molecule has 0 saturated heterocycles. The Balaban J connectivity index is 1.53. The van der Waals surface area contributed by atoms with Gasteiger partial charge in [-0.3, -0.25) is 4.79 Å². The first-order valence-electron chi connectivity index (χ1n) is 8.06. The highest BCUT2D eigenvalue weighted by Crippen LogP contribution is 2.26. The summed E-state index contributed by atoms with van der Waals surface area (Å²) in [6, 6.07) is 8.61. The van der Waals surface area contributed by atoms with E-state index in [0.29, 0.717) is 17.3 Å². The predicted molar refractivity (Wildman–Crippen MR) is 104 cm³/mol. The van der Waals surface area contributed by atoms with Gasteiger partial charge in [0.05, 0.1) is 5.75 Å². The molecule has 8 heteroatoms. The molecule has 6 nitrogen and oxygen atoms in total. The molecule has 0 atom stereocenters. The van der Waals surface area contributed by atoms with Crippen LogP contribution in [0, 0.1) is 13.8 Å². The number of ether oxygens (including phenoxy) is 2. The Labute approximate surface area is 164 Å². The van der Waals surface area contributed by atoms with Gasteiger partial charge >= 0.3 is 5.97 Å². The van der Waals surface area contributed by atoms with Crippen molar-refractivity contribution in [2.75, 3.05) is 6.61 Å². The van der Waals surface area contributed by atoms with Gasteiger partial charge in [-0.25, -0.2) is 9.78 Å². The highest BCUT2D eigenvalue weighted by Gasteiger charge is 2.12. The maximum atomic E-state index is 12.1. The molecule has 1 aromatic carbocycles. The second-order valence-corrected chi connectivity index (χ2v) is 7.78. The number of nitrogens with zero attached hydrogens (tertiary/aromatic N) is 1. The number of esters is 1. The lowest BCUT2D eigenvalue weighted by Crippen LogP contribution is -2.20. The molecule has 0 bridgehead atoms. The standard InChI is InChI=1S/C19H17NO5S2/c1-12-4-3-5-14(6-12)24-9-18(22)25-17-8-23-15(7-16(17)21)11-27-19-20-13(2)10-26-19/h3-8,10H,9,11H2,1-2H3. The Hall–Kier alpha value is -2.58. The summed E-state index contributed by atoms with van der Waals surface area (Å²) in [5, 5.41) is 1.96. The van der Waals surface area contributed by atoms with Gasteiger partial charge in [-0.15, -0.1) is 11.3 Å². The molecule has 0 aliphatic heterocycles. The molecule has 0 radical (unpaired) electrons. The lowest BCUT2D eigenvalue weighted by molar-refractivity contribution is -0.136. The predicted octanol–water partition coefficient (Wildman–Crippen LogP) is 3.99. The van der Waals surface area contributed by atoms with E-state index in [4.69, 9.17) is 13.9 Å². The minimum absolute atomic E-state index is 0.160. The van der Waals surface area contributed by atoms with Crippen LogP contribution in [0.3, 0.4) is 0 Å². The number of hydrogen-bond donors (Lipinski definition) is 0. The average Bonchev–Trinajstić information content (AvgIpc) is 3.06. The molecule has 3 aromatic rings. The van der Waals surface area contributed by atoms with Crippen molar-refractivity contribution in [1.82, 2.24) is 4.98 Å². The fourth-order valence-electron chi connectivity index (χ4n) is 2.12. The van der Waals surface area contributed by atoms with Crippen molar-refractivity contribution in [3.05, 3.63) is 69.2 Å². The molecule has 0 spiro atoms. The molecule has 0 fully saturated rings. The average molecular weight is 403 g/mol. The maximum Gasteiger partial charge on any atom is 0.349 e. The summed E-state index contributed by atoms with van der Waals surface area (Å²) in [5.41, 5.74) is 1.55. The van der Waals surface area contributed by atoms with E-state index < -0.39 is 11.4 Å². The normalized spacial score (nSPS) is 10.6. The van der Waals surface area contributed by atoms with Gasteiger partial charge in [0, 0.05) is 17.1 Å². The van der Waals surface area contributed by atoms with Crippen molar-refractivity contribution >= 4 is 29.1 Å². The monoisotopic (exact) mass is 403 g/mol. The van der Waals surface area contributed by atoms with Crippen LogP contribution in [0.1, 0.15) is 17.0 Å². The van der Waals surface area contributed by atoms with Crippen molar-refractivity contribution < 1.29 is 18.7 Å². The van der Waals surface area contributed by atoms with Crippen molar-refractivity contribution in [2.45, 2.75) is 23.9 Å². The zero-order chi connectivity index (χ0) is 19.2. The number of thioether (sulfide) groups is 1. The van der Waals surface area contributed by atoms with E-state index in [1.807, 2.05) is 31.4 Å². The molecular weight excluding hydrogens is 386 g/mol. The minimum atomic E-state index is -0.677. The summed E-state index contributed by atoms with van der Waals surface area (Å²) in [6.07, 6.45) is 1.15. The van der Waals surface area contributed by atoms with Crippen LogP contribution in [0.2, 0.25) is 0 Å². The largest absolute Gasteiger partial charge is 0.482 e. The minimum Gasteiger partial charge on any atom is -0.482 e. The number of rotatable bonds is 7. The number of hydrogen-bond acceptors (Lipinski definition) is 8. The van der Waals surface area contributed by atoms with Gasteiger partial charge in [0.2, 0.25) is 11.2 Å². The Bertz CT molecular complexity index is 996. The van der Waals surface area contributed by atoms with Crippen molar-refractivity contribution in [3.63, 3.8) is 0 Å². The van der Waals surface area contributed by atoms with Gasteiger partial charge in [0.15, 0.2) is 10.9 Å². The van der Waals surface area contributed by atoms with Gasteiger partial charge in [-0.1, -0.05) is 23.9 Å². The summed E-state index contributed by atoms with van der Waals surface area (Å²) in [7, 11) is 0. The third-order valence-electron chi connectivity index (χ3n) is 3.36. The molecule has 0 amide bonds. The topological polar surface area (TPSA) is 78.6 Å². The smallest absolute Gasteiger partial charge is 0.349 e. The lowest BCUT2D eigenvalue weighted by Gasteiger charge is -2.07. The van der Waals surface area contributed by atoms with Gasteiger partial charge in [0.1, 0.15) is 17.8 Å². The van der Waals surface area contributed by atoms with E-state index in [0.717, 1.165) is 21.9 Å². The van der Waals surface area contributed by atoms with Gasteiger partial charge in [-0.05, 0) is 31.5 Å². The summed E-state index contributed by atoms with van der Waals surface area (Å²) in [6.45, 7) is 3.54. The zero-order valence-electron chi connectivity index (χ0n) is 14.8. The van der Waals surface area contributed by atoms with E-state index in [9.17, 15) is 9.59 Å². The van der Waals surface area contributed by atoms with Crippen LogP contribution >= 0.6 is 23.1 Å². The first-order valence-corrected chi connectivity index (χ1v) is 9.93.